The number of carbonyl (C=O) groups excluding carboxylic acids is 1. The Hall–Kier alpha value is -2.88. The highest BCUT2D eigenvalue weighted by Gasteiger charge is 2.10. The lowest BCUT2D eigenvalue weighted by molar-refractivity contribution is 0.104. The van der Waals surface area contributed by atoms with E-state index in [2.05, 4.69) is 4.98 Å². The van der Waals surface area contributed by atoms with Gasteiger partial charge in [0.15, 0.2) is 0 Å². The van der Waals surface area contributed by atoms with Crippen LogP contribution in [0, 0.1) is 0 Å². The van der Waals surface area contributed by atoms with E-state index in [0.717, 1.165) is 16.8 Å². The number of rotatable bonds is 4. The van der Waals surface area contributed by atoms with E-state index in [1.54, 1.807) is 18.5 Å². The molecular formula is C18H17N3O. The molecule has 0 amide bonds. The zero-order valence-electron chi connectivity index (χ0n) is 12.6. The van der Waals surface area contributed by atoms with E-state index in [1.165, 1.54) is 0 Å². The van der Waals surface area contributed by atoms with Gasteiger partial charge in [0.05, 0.1) is 6.20 Å². The molecule has 0 unspecified atom stereocenters. The first-order valence-electron chi connectivity index (χ1n) is 7.06. The number of hydrogen-bond donors (Lipinski definition) is 0. The summed E-state index contributed by atoms with van der Waals surface area (Å²) in [6.45, 7) is 0. The van der Waals surface area contributed by atoms with Crippen molar-refractivity contribution in [3.63, 3.8) is 0 Å². The van der Waals surface area contributed by atoms with Crippen molar-refractivity contribution in [1.82, 2.24) is 14.3 Å². The van der Waals surface area contributed by atoms with Crippen LogP contribution in [0.25, 0.3) is 16.8 Å². The monoisotopic (exact) mass is 291 g/mol. The van der Waals surface area contributed by atoms with Gasteiger partial charge in [0, 0.05) is 32.6 Å². The van der Waals surface area contributed by atoms with Crippen LogP contribution in [-0.2, 0) is 0 Å². The normalized spacial score (nSPS) is 11.2. The third-order valence-corrected chi connectivity index (χ3v) is 3.39. The Kier molecular flexibility index (Phi) is 3.74. The van der Waals surface area contributed by atoms with Crippen LogP contribution < -0.4 is 0 Å². The molecule has 22 heavy (non-hydrogen) atoms. The molecule has 0 aliphatic carbocycles. The fraction of sp³-hybridized carbons (Fsp3) is 0.111. The summed E-state index contributed by atoms with van der Waals surface area (Å²) < 4.78 is 1.84. The third kappa shape index (κ3) is 2.76. The maximum Gasteiger partial charge on any atom is 0.205 e. The van der Waals surface area contributed by atoms with Gasteiger partial charge >= 0.3 is 0 Å². The zero-order chi connectivity index (χ0) is 15.5. The minimum Gasteiger partial charge on any atom is -0.383 e. The summed E-state index contributed by atoms with van der Waals surface area (Å²) in [6, 6.07) is 14.0. The smallest absolute Gasteiger partial charge is 0.205 e. The van der Waals surface area contributed by atoms with Crippen molar-refractivity contribution in [2.75, 3.05) is 14.1 Å². The number of carbonyl (C=O) groups is 1. The molecule has 0 bridgehead atoms. The Labute approximate surface area is 129 Å². The van der Waals surface area contributed by atoms with Crippen LogP contribution in [-0.4, -0.2) is 34.2 Å². The van der Waals surface area contributed by atoms with Crippen molar-refractivity contribution in [3.8, 4) is 11.1 Å². The second kappa shape index (κ2) is 5.85. The summed E-state index contributed by atoms with van der Waals surface area (Å²) >= 11 is 0. The molecule has 0 fully saturated rings. The van der Waals surface area contributed by atoms with Crippen molar-refractivity contribution in [1.29, 1.82) is 0 Å². The van der Waals surface area contributed by atoms with Gasteiger partial charge < -0.3 is 4.90 Å². The van der Waals surface area contributed by atoms with Crippen molar-refractivity contribution >= 4 is 11.4 Å². The van der Waals surface area contributed by atoms with E-state index >= 15 is 0 Å². The van der Waals surface area contributed by atoms with Gasteiger partial charge in [0.2, 0.25) is 5.78 Å². The Morgan fingerprint density at radius 3 is 2.59 bits per heavy atom. The summed E-state index contributed by atoms with van der Waals surface area (Å²) in [6.07, 6.45) is 6.86. The average Bonchev–Trinajstić information content (AvgIpc) is 2.96. The molecule has 0 N–H and O–H groups in total. The third-order valence-electron chi connectivity index (χ3n) is 3.39. The van der Waals surface area contributed by atoms with Crippen molar-refractivity contribution in [2.45, 2.75) is 0 Å². The molecule has 0 saturated heterocycles. The number of allylic oxidation sites excluding steroid dienone is 1. The SMILES string of the molecule is CN(C)C=CC(=O)c1cnc2ccc(-c3ccccc3)cn12. The number of pyridine rings is 1. The molecule has 0 saturated carbocycles. The predicted molar refractivity (Wildman–Crippen MR) is 87.8 cm³/mol. The Morgan fingerprint density at radius 1 is 1.09 bits per heavy atom. The fourth-order valence-corrected chi connectivity index (χ4v) is 2.27. The summed E-state index contributed by atoms with van der Waals surface area (Å²) in [7, 11) is 3.76. The van der Waals surface area contributed by atoms with Crippen molar-refractivity contribution < 1.29 is 4.79 Å². The standard InChI is InChI=1S/C18H17N3O/c1-20(2)11-10-17(22)16-12-19-18-9-8-15(13-21(16)18)14-6-4-3-5-7-14/h3-13H,1-2H3. The lowest BCUT2D eigenvalue weighted by Crippen LogP contribution is -2.05. The van der Waals surface area contributed by atoms with Crippen LogP contribution in [0.5, 0.6) is 0 Å². The summed E-state index contributed by atoms with van der Waals surface area (Å²) in [5.41, 5.74) is 3.49. The molecule has 1 aromatic carbocycles. The molecule has 4 heteroatoms. The number of imidazole rings is 1. The highest BCUT2D eigenvalue weighted by Crippen LogP contribution is 2.20. The summed E-state index contributed by atoms with van der Waals surface area (Å²) in [5, 5.41) is 0. The van der Waals surface area contributed by atoms with Gasteiger partial charge in [0.1, 0.15) is 11.3 Å². The van der Waals surface area contributed by atoms with Crippen molar-refractivity contribution in [2.24, 2.45) is 0 Å². The number of fused-ring (bicyclic) bond motifs is 1. The Morgan fingerprint density at radius 2 is 1.86 bits per heavy atom. The van der Waals surface area contributed by atoms with E-state index < -0.39 is 0 Å². The van der Waals surface area contributed by atoms with Gasteiger partial charge in [-0.3, -0.25) is 9.20 Å². The molecular weight excluding hydrogens is 274 g/mol. The minimum absolute atomic E-state index is 0.0635. The quantitative estimate of drug-likeness (QED) is 0.547. The highest BCUT2D eigenvalue weighted by atomic mass is 16.1. The topological polar surface area (TPSA) is 37.6 Å². The lowest BCUT2D eigenvalue weighted by atomic mass is 10.1. The molecule has 4 nitrogen and oxygen atoms in total. The van der Waals surface area contributed by atoms with E-state index in [4.69, 9.17) is 0 Å². The molecule has 0 radical (unpaired) electrons. The minimum atomic E-state index is -0.0635. The highest BCUT2D eigenvalue weighted by molar-refractivity contribution is 6.03. The van der Waals surface area contributed by atoms with E-state index in [-0.39, 0.29) is 5.78 Å². The van der Waals surface area contributed by atoms with Gasteiger partial charge in [-0.15, -0.1) is 0 Å². The number of nitrogens with zero attached hydrogens (tertiary/aromatic N) is 3. The van der Waals surface area contributed by atoms with Crippen molar-refractivity contribution in [3.05, 3.63) is 72.8 Å². The van der Waals surface area contributed by atoms with Crippen LogP contribution in [0.4, 0.5) is 0 Å². The maximum absolute atomic E-state index is 12.3. The van der Waals surface area contributed by atoms with Crippen LogP contribution >= 0.6 is 0 Å². The number of benzene rings is 1. The Bertz CT molecular complexity index is 832. The summed E-state index contributed by atoms with van der Waals surface area (Å²) in [5.74, 6) is -0.0635. The molecule has 2 heterocycles. The second-order valence-electron chi connectivity index (χ2n) is 5.30. The van der Waals surface area contributed by atoms with E-state index in [1.807, 2.05) is 72.1 Å². The number of ketones is 1. The first kappa shape index (κ1) is 14.1. The van der Waals surface area contributed by atoms with Crippen LogP contribution in [0.1, 0.15) is 10.5 Å². The van der Waals surface area contributed by atoms with Gasteiger partial charge in [-0.05, 0) is 23.3 Å². The van der Waals surface area contributed by atoms with Gasteiger partial charge in [0.25, 0.3) is 0 Å². The van der Waals surface area contributed by atoms with Gasteiger partial charge in [-0.1, -0.05) is 30.3 Å². The molecule has 3 rings (SSSR count). The average molecular weight is 291 g/mol. The molecule has 0 aliphatic heterocycles. The predicted octanol–water partition coefficient (Wildman–Crippen LogP) is 3.26. The van der Waals surface area contributed by atoms with Crippen LogP contribution in [0.3, 0.4) is 0 Å². The Balaban J connectivity index is 2.04. The van der Waals surface area contributed by atoms with Crippen LogP contribution in [0.2, 0.25) is 0 Å². The molecule has 0 aliphatic rings. The zero-order valence-corrected chi connectivity index (χ0v) is 12.6. The first-order chi connectivity index (χ1) is 10.6. The first-order valence-corrected chi connectivity index (χ1v) is 7.06. The van der Waals surface area contributed by atoms with Gasteiger partial charge in [-0.25, -0.2) is 4.98 Å². The molecule has 0 atom stereocenters. The molecule has 3 aromatic rings. The van der Waals surface area contributed by atoms with E-state index in [0.29, 0.717) is 5.69 Å². The van der Waals surface area contributed by atoms with Crippen LogP contribution in [0.15, 0.2) is 67.1 Å². The maximum atomic E-state index is 12.3. The van der Waals surface area contributed by atoms with E-state index in [9.17, 15) is 4.79 Å². The van der Waals surface area contributed by atoms with Gasteiger partial charge in [-0.2, -0.15) is 0 Å². The summed E-state index contributed by atoms with van der Waals surface area (Å²) in [4.78, 5) is 18.4. The molecule has 110 valence electrons. The lowest BCUT2D eigenvalue weighted by Gasteiger charge is -2.05. The largest absolute Gasteiger partial charge is 0.383 e. The second-order valence-corrected chi connectivity index (χ2v) is 5.30. The number of hydrogen-bond acceptors (Lipinski definition) is 3. The molecule has 0 spiro atoms. The molecule has 2 aromatic heterocycles. The fourth-order valence-electron chi connectivity index (χ4n) is 2.27. The number of aromatic nitrogens is 2.